The summed E-state index contributed by atoms with van der Waals surface area (Å²) in [6.45, 7) is 4.00. The molecule has 0 bridgehead atoms. The molecule has 0 heterocycles. The van der Waals surface area contributed by atoms with Crippen molar-refractivity contribution in [2.75, 3.05) is 0 Å². The Bertz CT molecular complexity index is 160. The van der Waals surface area contributed by atoms with Gasteiger partial charge in [-0.3, -0.25) is 0 Å². The lowest BCUT2D eigenvalue weighted by atomic mass is 9.74. The molecule has 0 saturated heterocycles. The molecule has 1 saturated carbocycles. The zero-order valence-electron chi connectivity index (χ0n) is 9.63. The van der Waals surface area contributed by atoms with Crippen LogP contribution in [0.5, 0.6) is 0 Å². The zero-order valence-corrected chi connectivity index (χ0v) is 9.63. The first-order valence-corrected chi connectivity index (χ1v) is 5.99. The molecule has 0 radical (unpaired) electrons. The van der Waals surface area contributed by atoms with Crippen molar-refractivity contribution in [1.29, 1.82) is 0 Å². The van der Waals surface area contributed by atoms with Crippen LogP contribution in [0.15, 0.2) is 0 Å². The molecule has 0 amide bonds. The number of hydrogen-bond acceptors (Lipinski definition) is 2. The Hall–Kier alpha value is -0.0800. The van der Waals surface area contributed by atoms with Crippen molar-refractivity contribution < 1.29 is 5.11 Å². The summed E-state index contributed by atoms with van der Waals surface area (Å²) in [5.74, 6) is 0.676. The second kappa shape index (κ2) is 5.13. The Labute approximate surface area is 87.9 Å². The molecule has 0 aromatic heterocycles. The minimum absolute atomic E-state index is 0.0581. The summed E-state index contributed by atoms with van der Waals surface area (Å²) >= 11 is 0. The SMILES string of the molecule is CC(O)CCC(C)(N)C1CCCCC1. The molecule has 2 atom stereocenters. The molecule has 2 nitrogen and oxygen atoms in total. The molecule has 1 aliphatic rings. The van der Waals surface area contributed by atoms with Crippen LogP contribution in [0.2, 0.25) is 0 Å². The van der Waals surface area contributed by atoms with E-state index in [9.17, 15) is 5.11 Å². The average Bonchev–Trinajstić information content (AvgIpc) is 2.16. The van der Waals surface area contributed by atoms with Crippen LogP contribution in [0.4, 0.5) is 0 Å². The van der Waals surface area contributed by atoms with Gasteiger partial charge in [0, 0.05) is 5.54 Å². The number of nitrogens with two attached hydrogens (primary N) is 1. The van der Waals surface area contributed by atoms with E-state index in [0.717, 1.165) is 12.8 Å². The first-order chi connectivity index (χ1) is 6.52. The zero-order chi connectivity index (χ0) is 10.6. The number of rotatable bonds is 4. The maximum Gasteiger partial charge on any atom is 0.0512 e. The van der Waals surface area contributed by atoms with Gasteiger partial charge in [0.1, 0.15) is 0 Å². The van der Waals surface area contributed by atoms with Crippen molar-refractivity contribution in [3.63, 3.8) is 0 Å². The van der Waals surface area contributed by atoms with Gasteiger partial charge in [0.15, 0.2) is 0 Å². The topological polar surface area (TPSA) is 46.2 Å². The average molecular weight is 199 g/mol. The van der Waals surface area contributed by atoms with Gasteiger partial charge in [-0.25, -0.2) is 0 Å². The second-order valence-electron chi connectivity index (χ2n) is 5.23. The normalized spacial score (nSPS) is 25.7. The van der Waals surface area contributed by atoms with Gasteiger partial charge in [-0.2, -0.15) is 0 Å². The molecule has 84 valence electrons. The summed E-state index contributed by atoms with van der Waals surface area (Å²) in [7, 11) is 0. The van der Waals surface area contributed by atoms with Crippen molar-refractivity contribution in [3.8, 4) is 0 Å². The van der Waals surface area contributed by atoms with Gasteiger partial charge in [0.2, 0.25) is 0 Å². The van der Waals surface area contributed by atoms with Crippen LogP contribution in [0, 0.1) is 5.92 Å². The summed E-state index contributed by atoms with van der Waals surface area (Å²) in [5.41, 5.74) is 6.27. The van der Waals surface area contributed by atoms with Gasteiger partial charge in [-0.15, -0.1) is 0 Å². The van der Waals surface area contributed by atoms with E-state index in [2.05, 4.69) is 6.92 Å². The van der Waals surface area contributed by atoms with Crippen LogP contribution >= 0.6 is 0 Å². The highest BCUT2D eigenvalue weighted by Gasteiger charge is 2.30. The van der Waals surface area contributed by atoms with Gasteiger partial charge < -0.3 is 10.8 Å². The maximum atomic E-state index is 9.26. The summed E-state index contributed by atoms with van der Waals surface area (Å²) < 4.78 is 0. The number of hydrogen-bond donors (Lipinski definition) is 2. The molecular formula is C12H25NO. The smallest absolute Gasteiger partial charge is 0.0512 e. The standard InChI is InChI=1S/C12H25NO/c1-10(14)8-9-12(2,13)11-6-4-3-5-7-11/h10-11,14H,3-9,13H2,1-2H3. The second-order valence-corrected chi connectivity index (χ2v) is 5.23. The molecule has 0 aromatic rings. The lowest BCUT2D eigenvalue weighted by Crippen LogP contribution is -2.45. The largest absolute Gasteiger partial charge is 0.393 e. The fraction of sp³-hybridized carbons (Fsp3) is 1.00. The van der Waals surface area contributed by atoms with Gasteiger partial charge >= 0.3 is 0 Å². The molecule has 3 N–H and O–H groups in total. The van der Waals surface area contributed by atoms with Crippen LogP contribution in [0.25, 0.3) is 0 Å². The minimum atomic E-state index is -0.207. The molecule has 0 aromatic carbocycles. The van der Waals surface area contributed by atoms with Crippen molar-refractivity contribution in [1.82, 2.24) is 0 Å². The van der Waals surface area contributed by atoms with E-state index in [4.69, 9.17) is 5.73 Å². The molecule has 2 unspecified atom stereocenters. The van der Waals surface area contributed by atoms with E-state index in [0.29, 0.717) is 5.92 Å². The lowest BCUT2D eigenvalue weighted by Gasteiger charge is -2.37. The summed E-state index contributed by atoms with van der Waals surface area (Å²) in [6.07, 6.45) is 8.21. The Kier molecular flexibility index (Phi) is 4.39. The first-order valence-electron chi connectivity index (χ1n) is 5.99. The summed E-state index contributed by atoms with van der Waals surface area (Å²) in [4.78, 5) is 0. The third kappa shape index (κ3) is 3.58. The third-order valence-corrected chi connectivity index (χ3v) is 3.64. The van der Waals surface area contributed by atoms with E-state index in [-0.39, 0.29) is 11.6 Å². The molecule has 1 fully saturated rings. The van der Waals surface area contributed by atoms with Crippen LogP contribution in [-0.4, -0.2) is 16.7 Å². The minimum Gasteiger partial charge on any atom is -0.393 e. The summed E-state index contributed by atoms with van der Waals surface area (Å²) in [5, 5.41) is 9.26. The predicted octanol–water partition coefficient (Wildman–Crippen LogP) is 2.45. The van der Waals surface area contributed by atoms with E-state index in [1.165, 1.54) is 32.1 Å². The van der Waals surface area contributed by atoms with Crippen LogP contribution in [0.1, 0.15) is 58.8 Å². The number of aliphatic hydroxyl groups excluding tert-OH is 1. The van der Waals surface area contributed by atoms with E-state index < -0.39 is 0 Å². The summed E-state index contributed by atoms with van der Waals surface area (Å²) in [6, 6.07) is 0. The lowest BCUT2D eigenvalue weighted by molar-refractivity contribution is 0.145. The van der Waals surface area contributed by atoms with Crippen molar-refractivity contribution in [3.05, 3.63) is 0 Å². The number of aliphatic hydroxyl groups is 1. The Morgan fingerprint density at radius 3 is 2.43 bits per heavy atom. The fourth-order valence-electron chi connectivity index (χ4n) is 2.49. The van der Waals surface area contributed by atoms with Gasteiger partial charge in [-0.1, -0.05) is 19.3 Å². The Morgan fingerprint density at radius 1 is 1.36 bits per heavy atom. The Morgan fingerprint density at radius 2 is 1.93 bits per heavy atom. The van der Waals surface area contributed by atoms with Crippen LogP contribution < -0.4 is 5.73 Å². The van der Waals surface area contributed by atoms with Crippen LogP contribution in [-0.2, 0) is 0 Å². The highest BCUT2D eigenvalue weighted by molar-refractivity contribution is 4.88. The molecule has 1 rings (SSSR count). The van der Waals surface area contributed by atoms with Crippen molar-refractivity contribution >= 4 is 0 Å². The maximum absolute atomic E-state index is 9.26. The predicted molar refractivity (Wildman–Crippen MR) is 60.1 cm³/mol. The molecular weight excluding hydrogens is 174 g/mol. The van der Waals surface area contributed by atoms with Crippen molar-refractivity contribution in [2.24, 2.45) is 11.7 Å². The van der Waals surface area contributed by atoms with Crippen LogP contribution in [0.3, 0.4) is 0 Å². The molecule has 0 spiro atoms. The van der Waals surface area contributed by atoms with E-state index in [1.807, 2.05) is 6.92 Å². The third-order valence-electron chi connectivity index (χ3n) is 3.64. The van der Waals surface area contributed by atoms with Crippen molar-refractivity contribution in [2.45, 2.75) is 70.4 Å². The quantitative estimate of drug-likeness (QED) is 0.730. The molecule has 0 aliphatic heterocycles. The first kappa shape index (κ1) is 12.0. The van der Waals surface area contributed by atoms with E-state index in [1.54, 1.807) is 0 Å². The Balaban J connectivity index is 2.37. The highest BCUT2D eigenvalue weighted by Crippen LogP contribution is 2.33. The monoisotopic (exact) mass is 199 g/mol. The molecule has 1 aliphatic carbocycles. The molecule has 14 heavy (non-hydrogen) atoms. The van der Waals surface area contributed by atoms with Gasteiger partial charge in [-0.05, 0) is 45.4 Å². The highest BCUT2D eigenvalue weighted by atomic mass is 16.3. The van der Waals surface area contributed by atoms with E-state index >= 15 is 0 Å². The molecule has 2 heteroatoms. The fourth-order valence-corrected chi connectivity index (χ4v) is 2.49. The van der Waals surface area contributed by atoms with Gasteiger partial charge in [0.05, 0.1) is 6.10 Å². The van der Waals surface area contributed by atoms with Gasteiger partial charge in [0.25, 0.3) is 0 Å².